The zero-order chi connectivity index (χ0) is 13.0. The van der Waals surface area contributed by atoms with Gasteiger partial charge in [0.05, 0.1) is 23.0 Å². The molecule has 1 fully saturated rings. The third-order valence-electron chi connectivity index (χ3n) is 3.48. The Morgan fingerprint density at radius 3 is 3.06 bits per heavy atom. The summed E-state index contributed by atoms with van der Waals surface area (Å²) in [6.45, 7) is 3.29. The van der Waals surface area contributed by atoms with Crippen molar-refractivity contribution in [2.45, 2.75) is 12.8 Å². The standard InChI is InChI=1S/C14H20N4/c1-18-6-2-3-12(10-18)9-17-14-5-4-11(8-15)7-13(14)16/h4-5,7,12,17H,2-3,6,9-10,16H2,1H3. The molecule has 0 amide bonds. The van der Waals surface area contributed by atoms with Crippen LogP contribution in [-0.2, 0) is 0 Å². The number of piperidine rings is 1. The molecule has 4 heteroatoms. The molecule has 1 aliphatic heterocycles. The van der Waals surface area contributed by atoms with E-state index >= 15 is 0 Å². The maximum Gasteiger partial charge on any atom is 0.0992 e. The Labute approximate surface area is 108 Å². The fraction of sp³-hybridized carbons (Fsp3) is 0.500. The van der Waals surface area contributed by atoms with Crippen molar-refractivity contribution in [2.24, 2.45) is 5.92 Å². The lowest BCUT2D eigenvalue weighted by Gasteiger charge is -2.30. The lowest BCUT2D eigenvalue weighted by Crippen LogP contribution is -2.35. The minimum atomic E-state index is 0.607. The summed E-state index contributed by atoms with van der Waals surface area (Å²) in [4.78, 5) is 2.37. The number of benzene rings is 1. The fourth-order valence-electron chi connectivity index (χ4n) is 2.49. The highest BCUT2D eigenvalue weighted by Crippen LogP contribution is 2.21. The summed E-state index contributed by atoms with van der Waals surface area (Å²) in [5, 5.41) is 12.2. The summed E-state index contributed by atoms with van der Waals surface area (Å²) in [7, 11) is 2.17. The van der Waals surface area contributed by atoms with Crippen molar-refractivity contribution in [3.63, 3.8) is 0 Å². The normalized spacial score (nSPS) is 20.3. The van der Waals surface area contributed by atoms with Crippen LogP contribution in [0.15, 0.2) is 18.2 Å². The van der Waals surface area contributed by atoms with E-state index in [9.17, 15) is 0 Å². The Morgan fingerprint density at radius 1 is 1.56 bits per heavy atom. The van der Waals surface area contributed by atoms with E-state index in [1.165, 1.54) is 19.4 Å². The van der Waals surface area contributed by atoms with Crippen LogP contribution < -0.4 is 11.1 Å². The smallest absolute Gasteiger partial charge is 0.0992 e. The van der Waals surface area contributed by atoms with Crippen LogP contribution in [0.25, 0.3) is 0 Å². The van der Waals surface area contributed by atoms with Crippen molar-refractivity contribution in [3.8, 4) is 6.07 Å². The molecule has 0 aromatic heterocycles. The topological polar surface area (TPSA) is 65.1 Å². The third kappa shape index (κ3) is 3.14. The summed E-state index contributed by atoms with van der Waals surface area (Å²) in [6.07, 6.45) is 2.54. The van der Waals surface area contributed by atoms with E-state index in [0.29, 0.717) is 17.2 Å². The van der Waals surface area contributed by atoms with Gasteiger partial charge in [0.25, 0.3) is 0 Å². The molecule has 0 saturated carbocycles. The molecule has 1 heterocycles. The van der Waals surface area contributed by atoms with E-state index in [4.69, 9.17) is 11.0 Å². The second-order valence-corrected chi connectivity index (χ2v) is 5.07. The van der Waals surface area contributed by atoms with Crippen LogP contribution in [0.5, 0.6) is 0 Å². The number of nitriles is 1. The highest BCUT2D eigenvalue weighted by molar-refractivity contribution is 5.68. The zero-order valence-electron chi connectivity index (χ0n) is 10.8. The first kappa shape index (κ1) is 12.7. The maximum atomic E-state index is 8.78. The quantitative estimate of drug-likeness (QED) is 0.797. The SMILES string of the molecule is CN1CCCC(CNc2ccc(C#N)cc2N)C1. The summed E-state index contributed by atoms with van der Waals surface area (Å²) in [6, 6.07) is 7.50. The van der Waals surface area contributed by atoms with E-state index in [-0.39, 0.29) is 0 Å². The van der Waals surface area contributed by atoms with Gasteiger partial charge in [0, 0.05) is 13.1 Å². The van der Waals surface area contributed by atoms with E-state index in [1.807, 2.05) is 6.07 Å². The van der Waals surface area contributed by atoms with Crippen LogP contribution in [0.1, 0.15) is 18.4 Å². The van der Waals surface area contributed by atoms with Gasteiger partial charge in [-0.05, 0) is 50.6 Å². The molecule has 0 bridgehead atoms. The number of nitrogens with two attached hydrogens (primary N) is 1. The van der Waals surface area contributed by atoms with Crippen LogP contribution in [0.3, 0.4) is 0 Å². The molecule has 0 radical (unpaired) electrons. The molecule has 1 saturated heterocycles. The monoisotopic (exact) mass is 244 g/mol. The second-order valence-electron chi connectivity index (χ2n) is 5.07. The van der Waals surface area contributed by atoms with Crippen LogP contribution in [0.2, 0.25) is 0 Å². The molecule has 1 aromatic rings. The van der Waals surface area contributed by atoms with Crippen LogP contribution in [0, 0.1) is 17.2 Å². The molecule has 1 atom stereocenters. The van der Waals surface area contributed by atoms with Crippen LogP contribution in [0.4, 0.5) is 11.4 Å². The Kier molecular flexibility index (Phi) is 4.06. The van der Waals surface area contributed by atoms with Gasteiger partial charge < -0.3 is 16.0 Å². The second kappa shape index (κ2) is 5.74. The third-order valence-corrected chi connectivity index (χ3v) is 3.48. The van der Waals surface area contributed by atoms with Crippen molar-refractivity contribution in [1.29, 1.82) is 5.26 Å². The number of nitrogens with one attached hydrogen (secondary N) is 1. The predicted octanol–water partition coefficient (Wildman–Crippen LogP) is 1.89. The number of likely N-dealkylation sites (tertiary alicyclic amines) is 1. The minimum absolute atomic E-state index is 0.607. The molecule has 18 heavy (non-hydrogen) atoms. The molecule has 96 valence electrons. The van der Waals surface area contributed by atoms with Gasteiger partial charge in [-0.25, -0.2) is 0 Å². The van der Waals surface area contributed by atoms with Crippen molar-refractivity contribution < 1.29 is 0 Å². The molecule has 4 nitrogen and oxygen atoms in total. The van der Waals surface area contributed by atoms with E-state index in [0.717, 1.165) is 18.8 Å². The van der Waals surface area contributed by atoms with Gasteiger partial charge in [-0.15, -0.1) is 0 Å². The highest BCUT2D eigenvalue weighted by Gasteiger charge is 2.16. The minimum Gasteiger partial charge on any atom is -0.397 e. The van der Waals surface area contributed by atoms with Gasteiger partial charge in [0.15, 0.2) is 0 Å². The molecule has 2 rings (SSSR count). The highest BCUT2D eigenvalue weighted by atomic mass is 15.1. The Bertz CT molecular complexity index is 450. The van der Waals surface area contributed by atoms with Gasteiger partial charge >= 0.3 is 0 Å². The Morgan fingerprint density at radius 2 is 2.39 bits per heavy atom. The molecular weight excluding hydrogens is 224 g/mol. The van der Waals surface area contributed by atoms with E-state index < -0.39 is 0 Å². The molecule has 1 unspecified atom stereocenters. The van der Waals surface area contributed by atoms with Gasteiger partial charge in [0.2, 0.25) is 0 Å². The lowest BCUT2D eigenvalue weighted by atomic mass is 9.98. The molecule has 3 N–H and O–H groups in total. The van der Waals surface area contributed by atoms with E-state index in [2.05, 4.69) is 23.3 Å². The number of anilines is 2. The van der Waals surface area contributed by atoms with Crippen LogP contribution >= 0.6 is 0 Å². The fourth-order valence-corrected chi connectivity index (χ4v) is 2.49. The van der Waals surface area contributed by atoms with Gasteiger partial charge in [-0.3, -0.25) is 0 Å². The molecule has 0 spiro atoms. The van der Waals surface area contributed by atoms with Crippen LogP contribution in [-0.4, -0.2) is 31.6 Å². The van der Waals surface area contributed by atoms with E-state index in [1.54, 1.807) is 12.1 Å². The molecule has 1 aliphatic rings. The number of nitrogens with zero attached hydrogens (tertiary/aromatic N) is 2. The molecular formula is C14H20N4. The van der Waals surface area contributed by atoms with Gasteiger partial charge in [-0.1, -0.05) is 0 Å². The first-order chi connectivity index (χ1) is 8.69. The zero-order valence-corrected chi connectivity index (χ0v) is 10.8. The molecule has 0 aliphatic carbocycles. The van der Waals surface area contributed by atoms with Crippen molar-refractivity contribution in [3.05, 3.63) is 23.8 Å². The number of nitrogen functional groups attached to an aromatic ring is 1. The van der Waals surface area contributed by atoms with Crippen molar-refractivity contribution >= 4 is 11.4 Å². The summed E-state index contributed by atoms with van der Waals surface area (Å²) in [5.41, 5.74) is 8.11. The van der Waals surface area contributed by atoms with Crippen molar-refractivity contribution in [1.82, 2.24) is 4.90 Å². The maximum absolute atomic E-state index is 8.78. The first-order valence-corrected chi connectivity index (χ1v) is 6.41. The Hall–Kier alpha value is -1.73. The number of hydrogen-bond acceptors (Lipinski definition) is 4. The van der Waals surface area contributed by atoms with Gasteiger partial charge in [-0.2, -0.15) is 5.26 Å². The summed E-state index contributed by atoms with van der Waals surface area (Å²) in [5.74, 6) is 0.679. The molecule has 1 aromatic carbocycles. The van der Waals surface area contributed by atoms with Gasteiger partial charge in [0.1, 0.15) is 0 Å². The average Bonchev–Trinajstić information content (AvgIpc) is 2.37. The largest absolute Gasteiger partial charge is 0.397 e. The lowest BCUT2D eigenvalue weighted by molar-refractivity contribution is 0.217. The summed E-state index contributed by atoms with van der Waals surface area (Å²) < 4.78 is 0. The summed E-state index contributed by atoms with van der Waals surface area (Å²) >= 11 is 0. The van der Waals surface area contributed by atoms with Crippen molar-refractivity contribution in [2.75, 3.05) is 37.7 Å². The number of rotatable bonds is 3. The predicted molar refractivity (Wildman–Crippen MR) is 74.3 cm³/mol. The average molecular weight is 244 g/mol. The first-order valence-electron chi connectivity index (χ1n) is 6.41. The Balaban J connectivity index is 1.92. The number of hydrogen-bond donors (Lipinski definition) is 2.